The van der Waals surface area contributed by atoms with Gasteiger partial charge in [-0.1, -0.05) is 81.4 Å². The van der Waals surface area contributed by atoms with E-state index in [1.807, 2.05) is 12.1 Å². The van der Waals surface area contributed by atoms with E-state index in [0.29, 0.717) is 13.2 Å². The summed E-state index contributed by atoms with van der Waals surface area (Å²) in [6.45, 7) is 9.18. The van der Waals surface area contributed by atoms with E-state index >= 15 is 0 Å². The molecule has 0 radical (unpaired) electrons. The van der Waals surface area contributed by atoms with Crippen LogP contribution in [0.25, 0.3) is 0 Å². The van der Waals surface area contributed by atoms with Crippen molar-refractivity contribution in [1.29, 1.82) is 0 Å². The average molecular weight is 465 g/mol. The summed E-state index contributed by atoms with van der Waals surface area (Å²) < 4.78 is 17.6. The van der Waals surface area contributed by atoms with E-state index in [0.717, 1.165) is 12.8 Å². The monoisotopic (exact) mass is 464 g/mol. The Morgan fingerprint density at radius 1 is 0.818 bits per heavy atom. The molecule has 1 aromatic heterocycles. The minimum Gasteiger partial charge on any atom is -0.474 e. The van der Waals surface area contributed by atoms with Crippen molar-refractivity contribution in [2.75, 3.05) is 13.2 Å². The van der Waals surface area contributed by atoms with Crippen molar-refractivity contribution in [3.05, 3.63) is 73.1 Å². The lowest BCUT2D eigenvalue weighted by Crippen LogP contribution is -2.66. The first-order valence-electron chi connectivity index (χ1n) is 11.2. The van der Waals surface area contributed by atoms with Crippen molar-refractivity contribution in [3.8, 4) is 11.8 Å². The quantitative estimate of drug-likeness (QED) is 0.255. The van der Waals surface area contributed by atoms with Gasteiger partial charge in [0.2, 0.25) is 0 Å². The first-order valence-corrected chi connectivity index (χ1v) is 13.1. The van der Waals surface area contributed by atoms with Gasteiger partial charge in [0, 0.05) is 25.9 Å². The number of unbranched alkanes of at least 4 members (excludes halogenated alkanes) is 1. The number of rotatable bonds is 10. The molecule has 2 aromatic carbocycles. The van der Waals surface area contributed by atoms with Gasteiger partial charge >= 0.3 is 5.97 Å². The van der Waals surface area contributed by atoms with E-state index in [2.05, 4.69) is 79.3 Å². The molecule has 0 fully saturated rings. The van der Waals surface area contributed by atoms with Crippen LogP contribution in [0, 0.1) is 0 Å². The topological polar surface area (TPSA) is 70.5 Å². The fourth-order valence-electron chi connectivity index (χ4n) is 3.98. The summed E-state index contributed by atoms with van der Waals surface area (Å²) in [5, 5.41) is 2.49. The molecule has 3 aromatic rings. The van der Waals surface area contributed by atoms with E-state index < -0.39 is 14.3 Å². The fraction of sp³-hybridized carbons (Fsp3) is 0.346. The van der Waals surface area contributed by atoms with Crippen LogP contribution in [0.4, 0.5) is 0 Å². The summed E-state index contributed by atoms with van der Waals surface area (Å²) in [4.78, 5) is 19.4. The summed E-state index contributed by atoms with van der Waals surface area (Å²) in [5.74, 6) is -0.145. The number of carbonyl (C=O) groups excluding carboxylic acids is 1. The van der Waals surface area contributed by atoms with Gasteiger partial charge in [0.1, 0.15) is 0 Å². The van der Waals surface area contributed by atoms with E-state index in [4.69, 9.17) is 13.9 Å². The smallest absolute Gasteiger partial charge is 0.309 e. The Balaban J connectivity index is 1.68. The van der Waals surface area contributed by atoms with Crippen LogP contribution in [-0.2, 0) is 9.22 Å². The molecule has 3 rings (SSSR count). The molecule has 0 aliphatic heterocycles. The third-order valence-corrected chi connectivity index (χ3v) is 10.4. The fourth-order valence-corrected chi connectivity index (χ4v) is 8.58. The van der Waals surface area contributed by atoms with Gasteiger partial charge in [0.05, 0.1) is 6.61 Å². The second-order valence-electron chi connectivity index (χ2n) is 8.83. The van der Waals surface area contributed by atoms with E-state index in [9.17, 15) is 4.79 Å². The Bertz CT molecular complexity index is 984. The normalized spacial score (nSPS) is 11.8. The van der Waals surface area contributed by atoms with Gasteiger partial charge in [0.25, 0.3) is 20.1 Å². The van der Waals surface area contributed by atoms with E-state index in [-0.39, 0.29) is 16.8 Å². The first-order chi connectivity index (χ1) is 15.8. The van der Waals surface area contributed by atoms with Crippen molar-refractivity contribution < 1.29 is 18.7 Å². The average Bonchev–Trinajstić information content (AvgIpc) is 2.80. The van der Waals surface area contributed by atoms with Crippen LogP contribution >= 0.6 is 0 Å². The van der Waals surface area contributed by atoms with Crippen LogP contribution in [0.15, 0.2) is 73.1 Å². The summed E-state index contributed by atoms with van der Waals surface area (Å²) in [6.07, 6.45) is 4.57. The molecule has 0 N–H and O–H groups in total. The maximum absolute atomic E-state index is 11.2. The van der Waals surface area contributed by atoms with Gasteiger partial charge < -0.3 is 13.9 Å². The van der Waals surface area contributed by atoms with Crippen LogP contribution in [0.3, 0.4) is 0 Å². The predicted molar refractivity (Wildman–Crippen MR) is 132 cm³/mol. The molecule has 0 amide bonds. The molecule has 0 bridgehead atoms. The van der Waals surface area contributed by atoms with Crippen LogP contribution in [0.5, 0.6) is 11.8 Å². The first kappa shape index (κ1) is 24.6. The number of ether oxygens (including phenoxy) is 2. The summed E-state index contributed by atoms with van der Waals surface area (Å²) >= 11 is 0. The van der Waals surface area contributed by atoms with Gasteiger partial charge in [-0.15, -0.1) is 0 Å². The minimum absolute atomic E-state index is 0.0508. The summed E-state index contributed by atoms with van der Waals surface area (Å²) in [7, 11) is -2.52. The lowest BCUT2D eigenvalue weighted by atomic mass is 10.2. The molecule has 0 saturated heterocycles. The number of carbonyl (C=O) groups is 1. The lowest BCUT2D eigenvalue weighted by molar-refractivity contribution is -0.132. The second-order valence-corrected chi connectivity index (χ2v) is 13.1. The molecule has 33 heavy (non-hydrogen) atoms. The van der Waals surface area contributed by atoms with Crippen LogP contribution in [0.2, 0.25) is 5.04 Å². The third-order valence-electron chi connectivity index (χ3n) is 5.39. The lowest BCUT2D eigenvalue weighted by Gasteiger charge is -2.43. The van der Waals surface area contributed by atoms with Gasteiger partial charge in [-0.2, -0.15) is 0 Å². The van der Waals surface area contributed by atoms with Gasteiger partial charge in [-0.3, -0.25) is 4.79 Å². The number of nitrogens with zero attached hydrogens (tertiary/aromatic N) is 2. The largest absolute Gasteiger partial charge is 0.474 e. The highest BCUT2D eigenvalue weighted by Gasteiger charge is 2.49. The minimum atomic E-state index is -2.52. The summed E-state index contributed by atoms with van der Waals surface area (Å²) in [5.41, 5.74) is 0. The molecular weight excluding hydrogens is 432 g/mol. The zero-order chi connectivity index (χ0) is 23.7. The molecule has 0 atom stereocenters. The molecule has 0 unspecified atom stereocenters. The molecule has 0 spiro atoms. The maximum Gasteiger partial charge on any atom is 0.309 e. The SMILES string of the molecule is CC(=O)Oc1nccnc1OCCCCO[Si](c1ccccc1)(c1ccccc1)C(C)(C)C. The van der Waals surface area contributed by atoms with Gasteiger partial charge in [0.15, 0.2) is 0 Å². The van der Waals surface area contributed by atoms with Crippen molar-refractivity contribution in [3.63, 3.8) is 0 Å². The maximum atomic E-state index is 11.2. The molecule has 174 valence electrons. The zero-order valence-corrected chi connectivity index (χ0v) is 20.8. The second kappa shape index (κ2) is 11.2. The Morgan fingerprint density at radius 3 is 1.85 bits per heavy atom. The zero-order valence-electron chi connectivity index (χ0n) is 19.8. The number of aromatic nitrogens is 2. The van der Waals surface area contributed by atoms with Crippen molar-refractivity contribution in [2.45, 2.75) is 45.6 Å². The number of esters is 1. The predicted octanol–water partition coefficient (Wildman–Crippen LogP) is 4.14. The molecular formula is C26H32N2O4Si. The standard InChI is InChI=1S/C26H32N2O4Si/c1-21(29)32-25-24(27-17-18-28-25)30-19-11-12-20-31-33(26(2,3)4,22-13-7-5-8-14-22)23-15-9-6-10-16-23/h5-10,13-18H,11-12,19-20H2,1-4H3. The Kier molecular flexibility index (Phi) is 8.35. The van der Waals surface area contributed by atoms with Crippen molar-refractivity contribution in [2.24, 2.45) is 0 Å². The molecule has 6 nitrogen and oxygen atoms in total. The number of hydrogen-bond acceptors (Lipinski definition) is 6. The number of hydrogen-bond donors (Lipinski definition) is 0. The molecule has 1 heterocycles. The van der Waals surface area contributed by atoms with Crippen molar-refractivity contribution in [1.82, 2.24) is 9.97 Å². The summed E-state index contributed by atoms with van der Waals surface area (Å²) in [6, 6.07) is 21.2. The highest BCUT2D eigenvalue weighted by Crippen LogP contribution is 2.36. The van der Waals surface area contributed by atoms with Gasteiger partial charge in [-0.05, 0) is 28.3 Å². The van der Waals surface area contributed by atoms with Crippen LogP contribution < -0.4 is 19.8 Å². The molecule has 0 aliphatic carbocycles. The van der Waals surface area contributed by atoms with E-state index in [1.54, 1.807) is 0 Å². The van der Waals surface area contributed by atoms with Crippen LogP contribution in [0.1, 0.15) is 40.5 Å². The Hall–Kier alpha value is -3.03. The number of benzene rings is 2. The highest BCUT2D eigenvalue weighted by molar-refractivity contribution is 6.99. The molecule has 7 heteroatoms. The van der Waals surface area contributed by atoms with Gasteiger partial charge in [-0.25, -0.2) is 9.97 Å². The Morgan fingerprint density at radius 2 is 1.33 bits per heavy atom. The highest BCUT2D eigenvalue weighted by atomic mass is 28.4. The van der Waals surface area contributed by atoms with Crippen LogP contribution in [-0.4, -0.2) is 37.5 Å². The van der Waals surface area contributed by atoms with E-state index in [1.165, 1.54) is 29.7 Å². The Labute approximate surface area is 197 Å². The van der Waals surface area contributed by atoms with Crippen molar-refractivity contribution >= 4 is 24.7 Å². The third kappa shape index (κ3) is 6.06. The molecule has 0 aliphatic rings. The molecule has 0 saturated carbocycles.